The molecule has 0 aliphatic heterocycles. The SMILES string of the molecule is Cc1ccc(NC(=O)c2cc(NCCC(C)C)ncn2)cc1. The largest absolute Gasteiger partial charge is 0.370 e. The summed E-state index contributed by atoms with van der Waals surface area (Å²) in [6.45, 7) is 7.17. The lowest BCUT2D eigenvalue weighted by Crippen LogP contribution is -2.15. The van der Waals surface area contributed by atoms with E-state index in [1.807, 2.05) is 31.2 Å². The number of rotatable bonds is 6. The maximum Gasteiger partial charge on any atom is 0.274 e. The van der Waals surface area contributed by atoms with E-state index in [1.54, 1.807) is 6.07 Å². The van der Waals surface area contributed by atoms with Crippen LogP contribution in [0.3, 0.4) is 0 Å². The summed E-state index contributed by atoms with van der Waals surface area (Å²) in [6, 6.07) is 9.32. The summed E-state index contributed by atoms with van der Waals surface area (Å²) in [5.74, 6) is 1.06. The number of nitrogens with one attached hydrogen (secondary N) is 2. The third-order valence-corrected chi connectivity index (χ3v) is 3.24. The van der Waals surface area contributed by atoms with Gasteiger partial charge in [-0.3, -0.25) is 4.79 Å². The Balaban J connectivity index is 1.99. The molecular weight excluding hydrogens is 276 g/mol. The molecule has 5 nitrogen and oxygen atoms in total. The predicted molar refractivity (Wildman–Crippen MR) is 89.1 cm³/mol. The van der Waals surface area contributed by atoms with Crippen molar-refractivity contribution in [3.8, 4) is 0 Å². The zero-order valence-corrected chi connectivity index (χ0v) is 13.3. The van der Waals surface area contributed by atoms with Crippen molar-refractivity contribution in [2.75, 3.05) is 17.2 Å². The van der Waals surface area contributed by atoms with Gasteiger partial charge in [0.1, 0.15) is 17.8 Å². The van der Waals surface area contributed by atoms with E-state index in [2.05, 4.69) is 34.4 Å². The maximum atomic E-state index is 12.2. The molecule has 1 heterocycles. The fourth-order valence-electron chi connectivity index (χ4n) is 1.90. The van der Waals surface area contributed by atoms with Crippen LogP contribution in [-0.2, 0) is 0 Å². The van der Waals surface area contributed by atoms with Crippen LogP contribution >= 0.6 is 0 Å². The van der Waals surface area contributed by atoms with Gasteiger partial charge in [0.2, 0.25) is 0 Å². The Morgan fingerprint density at radius 3 is 2.59 bits per heavy atom. The molecule has 1 amide bonds. The number of hydrogen-bond acceptors (Lipinski definition) is 4. The molecule has 0 aliphatic carbocycles. The average Bonchev–Trinajstić information content (AvgIpc) is 2.49. The smallest absolute Gasteiger partial charge is 0.274 e. The van der Waals surface area contributed by atoms with Crippen molar-refractivity contribution in [1.82, 2.24) is 9.97 Å². The zero-order chi connectivity index (χ0) is 15.9. The van der Waals surface area contributed by atoms with Gasteiger partial charge in [-0.25, -0.2) is 9.97 Å². The van der Waals surface area contributed by atoms with E-state index in [1.165, 1.54) is 6.33 Å². The first kappa shape index (κ1) is 15.9. The normalized spacial score (nSPS) is 10.5. The molecule has 0 fully saturated rings. The van der Waals surface area contributed by atoms with E-state index in [4.69, 9.17) is 0 Å². The maximum absolute atomic E-state index is 12.2. The topological polar surface area (TPSA) is 66.9 Å². The number of anilines is 2. The summed E-state index contributed by atoms with van der Waals surface area (Å²) in [7, 11) is 0. The Kier molecular flexibility index (Phi) is 5.47. The highest BCUT2D eigenvalue weighted by molar-refractivity contribution is 6.03. The molecule has 0 spiro atoms. The number of amides is 1. The molecule has 0 radical (unpaired) electrons. The van der Waals surface area contributed by atoms with E-state index in [0.717, 1.165) is 24.2 Å². The quantitative estimate of drug-likeness (QED) is 0.856. The van der Waals surface area contributed by atoms with Crippen molar-refractivity contribution in [3.63, 3.8) is 0 Å². The molecule has 0 atom stereocenters. The minimum atomic E-state index is -0.238. The lowest BCUT2D eigenvalue weighted by molar-refractivity contribution is 0.102. The van der Waals surface area contributed by atoms with Crippen LogP contribution in [0.5, 0.6) is 0 Å². The Morgan fingerprint density at radius 1 is 1.18 bits per heavy atom. The van der Waals surface area contributed by atoms with Crippen molar-refractivity contribution >= 4 is 17.4 Å². The van der Waals surface area contributed by atoms with Gasteiger partial charge < -0.3 is 10.6 Å². The van der Waals surface area contributed by atoms with Gasteiger partial charge >= 0.3 is 0 Å². The van der Waals surface area contributed by atoms with Crippen LogP contribution in [0.25, 0.3) is 0 Å². The summed E-state index contributed by atoms with van der Waals surface area (Å²) < 4.78 is 0. The molecule has 0 bridgehead atoms. The van der Waals surface area contributed by atoms with Crippen LogP contribution < -0.4 is 10.6 Å². The molecule has 2 rings (SSSR count). The van der Waals surface area contributed by atoms with Crippen molar-refractivity contribution in [2.45, 2.75) is 27.2 Å². The molecule has 116 valence electrons. The van der Waals surface area contributed by atoms with Crippen LogP contribution in [0.2, 0.25) is 0 Å². The molecule has 0 saturated carbocycles. The minimum Gasteiger partial charge on any atom is -0.370 e. The fourth-order valence-corrected chi connectivity index (χ4v) is 1.90. The number of aromatic nitrogens is 2. The van der Waals surface area contributed by atoms with Gasteiger partial charge in [0.05, 0.1) is 0 Å². The molecule has 1 aromatic carbocycles. The number of hydrogen-bond donors (Lipinski definition) is 2. The van der Waals surface area contributed by atoms with Crippen molar-refractivity contribution < 1.29 is 4.79 Å². The van der Waals surface area contributed by atoms with Crippen LogP contribution in [-0.4, -0.2) is 22.4 Å². The lowest BCUT2D eigenvalue weighted by atomic mass is 10.1. The van der Waals surface area contributed by atoms with E-state index >= 15 is 0 Å². The van der Waals surface area contributed by atoms with E-state index < -0.39 is 0 Å². The molecule has 0 aliphatic rings. The van der Waals surface area contributed by atoms with Crippen LogP contribution in [0.1, 0.15) is 36.3 Å². The van der Waals surface area contributed by atoms with Gasteiger partial charge in [-0.2, -0.15) is 0 Å². The number of carbonyl (C=O) groups is 1. The monoisotopic (exact) mass is 298 g/mol. The van der Waals surface area contributed by atoms with Crippen LogP contribution in [0, 0.1) is 12.8 Å². The van der Waals surface area contributed by atoms with E-state index in [0.29, 0.717) is 17.4 Å². The van der Waals surface area contributed by atoms with Gasteiger partial charge in [-0.1, -0.05) is 31.5 Å². The Hall–Kier alpha value is -2.43. The highest BCUT2D eigenvalue weighted by Gasteiger charge is 2.09. The summed E-state index contributed by atoms with van der Waals surface area (Å²) in [6.07, 6.45) is 2.46. The third-order valence-electron chi connectivity index (χ3n) is 3.24. The second kappa shape index (κ2) is 7.54. The first-order valence-corrected chi connectivity index (χ1v) is 7.48. The van der Waals surface area contributed by atoms with Gasteiger partial charge in [-0.05, 0) is 31.4 Å². The highest BCUT2D eigenvalue weighted by atomic mass is 16.1. The van der Waals surface area contributed by atoms with Gasteiger partial charge in [-0.15, -0.1) is 0 Å². The minimum absolute atomic E-state index is 0.238. The molecule has 2 N–H and O–H groups in total. The van der Waals surface area contributed by atoms with E-state index in [-0.39, 0.29) is 5.91 Å². The molecule has 0 unspecified atom stereocenters. The summed E-state index contributed by atoms with van der Waals surface area (Å²) in [4.78, 5) is 20.4. The predicted octanol–water partition coefficient (Wildman–Crippen LogP) is 3.50. The first-order valence-electron chi connectivity index (χ1n) is 7.48. The second-order valence-electron chi connectivity index (χ2n) is 5.72. The first-order chi connectivity index (χ1) is 10.5. The number of benzene rings is 1. The van der Waals surface area contributed by atoms with E-state index in [9.17, 15) is 4.79 Å². The number of carbonyl (C=O) groups excluding carboxylic acids is 1. The van der Waals surface area contributed by atoms with Crippen LogP contribution in [0.15, 0.2) is 36.7 Å². The Labute approximate surface area is 131 Å². The molecule has 0 saturated heterocycles. The van der Waals surface area contributed by atoms with Crippen molar-refractivity contribution in [2.24, 2.45) is 5.92 Å². The zero-order valence-electron chi connectivity index (χ0n) is 13.3. The lowest BCUT2D eigenvalue weighted by Gasteiger charge is -2.09. The van der Waals surface area contributed by atoms with Crippen molar-refractivity contribution in [3.05, 3.63) is 47.9 Å². The third kappa shape index (κ3) is 4.84. The van der Waals surface area contributed by atoms with Crippen molar-refractivity contribution in [1.29, 1.82) is 0 Å². The standard InChI is InChI=1S/C17H22N4O/c1-12(2)8-9-18-16-10-15(19-11-20-16)17(22)21-14-6-4-13(3)5-7-14/h4-7,10-12H,8-9H2,1-3H3,(H,21,22)(H,18,19,20). The second-order valence-corrected chi connectivity index (χ2v) is 5.72. The highest BCUT2D eigenvalue weighted by Crippen LogP contribution is 2.11. The molecular formula is C17H22N4O. The summed E-state index contributed by atoms with van der Waals surface area (Å²) >= 11 is 0. The Bertz CT molecular complexity index is 623. The molecule has 2 aromatic rings. The Morgan fingerprint density at radius 2 is 1.91 bits per heavy atom. The van der Waals surface area contributed by atoms with Gasteiger partial charge in [0, 0.05) is 18.3 Å². The summed E-state index contributed by atoms with van der Waals surface area (Å²) in [5.41, 5.74) is 2.25. The number of nitrogens with zero attached hydrogens (tertiary/aromatic N) is 2. The van der Waals surface area contributed by atoms with Gasteiger partial charge in [0.25, 0.3) is 5.91 Å². The molecule has 1 aromatic heterocycles. The van der Waals surface area contributed by atoms with Crippen LogP contribution in [0.4, 0.5) is 11.5 Å². The van der Waals surface area contributed by atoms with Gasteiger partial charge in [0.15, 0.2) is 0 Å². The number of aryl methyl sites for hydroxylation is 1. The average molecular weight is 298 g/mol. The molecule has 5 heteroatoms. The molecule has 22 heavy (non-hydrogen) atoms. The fraction of sp³-hybridized carbons (Fsp3) is 0.353. The summed E-state index contributed by atoms with van der Waals surface area (Å²) in [5, 5.41) is 6.04.